The molecule has 0 bridgehead atoms. The van der Waals surface area contributed by atoms with Crippen molar-refractivity contribution in [3.05, 3.63) is 23.3 Å². The van der Waals surface area contributed by atoms with Gasteiger partial charge in [0.15, 0.2) is 0 Å². The highest BCUT2D eigenvalue weighted by Gasteiger charge is 2.22. The van der Waals surface area contributed by atoms with Gasteiger partial charge in [0, 0.05) is 17.9 Å². The predicted molar refractivity (Wildman–Crippen MR) is 78.1 cm³/mol. The Hall–Kier alpha value is -2.02. The zero-order chi connectivity index (χ0) is 15.6. The number of nitrogens with one attached hydrogen (secondary N) is 1. The minimum atomic E-state index is -0.922. The molecule has 7 heteroatoms. The van der Waals surface area contributed by atoms with Crippen molar-refractivity contribution in [3.8, 4) is 0 Å². The van der Waals surface area contributed by atoms with Gasteiger partial charge in [0.05, 0.1) is 5.60 Å². The topological polar surface area (TPSA) is 92.4 Å². The molecule has 2 aromatic rings. The summed E-state index contributed by atoms with van der Waals surface area (Å²) in [5.41, 5.74) is 0.765. The number of carbonyl (C=O) groups excluding carboxylic acids is 1. The van der Waals surface area contributed by atoms with Crippen molar-refractivity contribution in [2.45, 2.75) is 46.1 Å². The van der Waals surface area contributed by atoms with Crippen LogP contribution in [0.15, 0.2) is 6.07 Å². The fourth-order valence-electron chi connectivity index (χ4n) is 2.24. The number of carbonyl (C=O) groups is 1. The molecule has 0 aliphatic heterocycles. The second kappa shape index (κ2) is 5.77. The lowest BCUT2D eigenvalue weighted by Crippen LogP contribution is -2.40. The Morgan fingerprint density at radius 3 is 2.81 bits per heavy atom. The van der Waals surface area contributed by atoms with E-state index in [-0.39, 0.29) is 12.4 Å². The minimum absolute atomic E-state index is 0.0588. The Morgan fingerprint density at radius 1 is 1.43 bits per heavy atom. The van der Waals surface area contributed by atoms with E-state index >= 15 is 0 Å². The fourth-order valence-corrected chi connectivity index (χ4v) is 2.24. The van der Waals surface area contributed by atoms with Crippen LogP contribution in [0.4, 0.5) is 0 Å². The van der Waals surface area contributed by atoms with Crippen LogP contribution in [0, 0.1) is 13.8 Å². The molecule has 2 heterocycles. The van der Waals surface area contributed by atoms with Crippen LogP contribution in [0.2, 0.25) is 0 Å². The van der Waals surface area contributed by atoms with Gasteiger partial charge in [-0.05, 0) is 33.3 Å². The summed E-state index contributed by atoms with van der Waals surface area (Å²) in [7, 11) is 0. The highest BCUT2D eigenvalue weighted by atomic mass is 16.3. The molecule has 21 heavy (non-hydrogen) atoms. The lowest BCUT2D eigenvalue weighted by atomic mass is 10.0. The summed E-state index contributed by atoms with van der Waals surface area (Å²) in [5.74, 6) is 0.0513. The molecule has 1 atom stereocenters. The number of aliphatic hydroxyl groups is 1. The standard InChI is InChI=1S/C14H21N5O2/c1-5-6-14(4,21)8-15-12(20)11-17-13-16-9(2)7-10(3)19(13)18-11/h7,21H,5-6,8H2,1-4H3,(H,15,20). The average molecular weight is 291 g/mol. The van der Waals surface area contributed by atoms with Crippen LogP contribution < -0.4 is 5.32 Å². The third kappa shape index (κ3) is 3.55. The van der Waals surface area contributed by atoms with E-state index in [4.69, 9.17) is 0 Å². The van der Waals surface area contributed by atoms with E-state index in [9.17, 15) is 9.90 Å². The average Bonchev–Trinajstić information content (AvgIpc) is 2.80. The number of fused-ring (bicyclic) bond motifs is 1. The van der Waals surface area contributed by atoms with E-state index in [0.29, 0.717) is 12.2 Å². The zero-order valence-electron chi connectivity index (χ0n) is 12.8. The molecule has 0 aliphatic rings. The molecule has 1 unspecified atom stereocenters. The van der Waals surface area contributed by atoms with Gasteiger partial charge < -0.3 is 10.4 Å². The summed E-state index contributed by atoms with van der Waals surface area (Å²) in [6.07, 6.45) is 1.46. The van der Waals surface area contributed by atoms with Gasteiger partial charge in [-0.25, -0.2) is 9.50 Å². The molecule has 2 aromatic heterocycles. The Balaban J connectivity index is 2.15. The van der Waals surface area contributed by atoms with Crippen molar-refractivity contribution in [2.75, 3.05) is 6.54 Å². The molecule has 0 saturated carbocycles. The van der Waals surface area contributed by atoms with E-state index < -0.39 is 11.5 Å². The van der Waals surface area contributed by atoms with Crippen LogP contribution in [0.1, 0.15) is 48.7 Å². The number of rotatable bonds is 5. The maximum atomic E-state index is 12.1. The Kier molecular flexibility index (Phi) is 4.22. The number of amides is 1. The molecule has 1 amide bonds. The third-order valence-corrected chi connectivity index (χ3v) is 3.24. The normalized spacial score (nSPS) is 14.1. The van der Waals surface area contributed by atoms with Crippen LogP contribution in [0.25, 0.3) is 5.78 Å². The van der Waals surface area contributed by atoms with Crippen LogP contribution in [-0.2, 0) is 0 Å². The monoisotopic (exact) mass is 291 g/mol. The van der Waals surface area contributed by atoms with Gasteiger partial charge in [0.2, 0.25) is 5.82 Å². The van der Waals surface area contributed by atoms with Crippen LogP contribution in [-0.4, -0.2) is 42.7 Å². The van der Waals surface area contributed by atoms with Gasteiger partial charge in [0.25, 0.3) is 11.7 Å². The molecule has 0 aliphatic carbocycles. The summed E-state index contributed by atoms with van der Waals surface area (Å²) < 4.78 is 1.53. The largest absolute Gasteiger partial charge is 0.388 e. The number of hydrogen-bond acceptors (Lipinski definition) is 5. The molecule has 0 fully saturated rings. The Bertz CT molecular complexity index is 663. The fraction of sp³-hybridized carbons (Fsp3) is 0.571. The predicted octanol–water partition coefficient (Wildman–Crippen LogP) is 1.02. The highest BCUT2D eigenvalue weighted by molar-refractivity contribution is 5.90. The van der Waals surface area contributed by atoms with Crippen LogP contribution in [0.3, 0.4) is 0 Å². The zero-order valence-corrected chi connectivity index (χ0v) is 12.8. The minimum Gasteiger partial charge on any atom is -0.388 e. The summed E-state index contributed by atoms with van der Waals surface area (Å²) in [6.45, 7) is 7.59. The molecule has 7 nitrogen and oxygen atoms in total. The van der Waals surface area contributed by atoms with E-state index in [1.165, 1.54) is 4.52 Å². The first kappa shape index (κ1) is 15.4. The van der Waals surface area contributed by atoms with Crippen molar-refractivity contribution in [1.82, 2.24) is 24.9 Å². The van der Waals surface area contributed by atoms with Crippen LogP contribution in [0.5, 0.6) is 0 Å². The second-order valence-electron chi connectivity index (χ2n) is 5.62. The number of aromatic nitrogens is 4. The Morgan fingerprint density at radius 2 is 2.14 bits per heavy atom. The van der Waals surface area contributed by atoms with E-state index in [0.717, 1.165) is 17.8 Å². The Labute approximate surface area is 123 Å². The third-order valence-electron chi connectivity index (χ3n) is 3.24. The van der Waals surface area contributed by atoms with E-state index in [2.05, 4.69) is 20.4 Å². The van der Waals surface area contributed by atoms with Gasteiger partial charge in [0.1, 0.15) is 0 Å². The van der Waals surface area contributed by atoms with Crippen molar-refractivity contribution in [1.29, 1.82) is 0 Å². The summed E-state index contributed by atoms with van der Waals surface area (Å²) >= 11 is 0. The molecule has 0 radical (unpaired) electrons. The summed E-state index contributed by atoms with van der Waals surface area (Å²) in [4.78, 5) is 20.4. The highest BCUT2D eigenvalue weighted by Crippen LogP contribution is 2.10. The number of aryl methyl sites for hydroxylation is 2. The number of nitrogens with zero attached hydrogens (tertiary/aromatic N) is 4. The number of hydrogen-bond donors (Lipinski definition) is 2. The molecular formula is C14H21N5O2. The van der Waals surface area contributed by atoms with Crippen molar-refractivity contribution < 1.29 is 9.90 Å². The molecule has 2 rings (SSSR count). The van der Waals surface area contributed by atoms with Gasteiger partial charge >= 0.3 is 0 Å². The maximum absolute atomic E-state index is 12.1. The first-order valence-corrected chi connectivity index (χ1v) is 7.04. The van der Waals surface area contributed by atoms with Gasteiger partial charge in [-0.2, -0.15) is 4.98 Å². The molecule has 0 aromatic carbocycles. The van der Waals surface area contributed by atoms with Crippen molar-refractivity contribution in [3.63, 3.8) is 0 Å². The van der Waals surface area contributed by atoms with E-state index in [1.54, 1.807) is 6.92 Å². The maximum Gasteiger partial charge on any atom is 0.291 e. The quantitative estimate of drug-likeness (QED) is 0.858. The van der Waals surface area contributed by atoms with Crippen molar-refractivity contribution >= 4 is 11.7 Å². The molecule has 2 N–H and O–H groups in total. The lowest BCUT2D eigenvalue weighted by Gasteiger charge is -2.22. The van der Waals surface area contributed by atoms with Gasteiger partial charge in [-0.3, -0.25) is 4.79 Å². The smallest absolute Gasteiger partial charge is 0.291 e. The molecule has 0 spiro atoms. The van der Waals surface area contributed by atoms with Crippen LogP contribution >= 0.6 is 0 Å². The summed E-state index contributed by atoms with van der Waals surface area (Å²) in [5, 5.41) is 16.9. The van der Waals surface area contributed by atoms with Crippen molar-refractivity contribution in [2.24, 2.45) is 0 Å². The molecule has 114 valence electrons. The summed E-state index contributed by atoms with van der Waals surface area (Å²) in [6, 6.07) is 1.87. The van der Waals surface area contributed by atoms with E-state index in [1.807, 2.05) is 26.8 Å². The SMILES string of the molecule is CCCC(C)(O)CNC(=O)c1nc2nc(C)cc(C)n2n1. The van der Waals surface area contributed by atoms with Gasteiger partial charge in [-0.1, -0.05) is 13.3 Å². The first-order valence-electron chi connectivity index (χ1n) is 7.04. The lowest BCUT2D eigenvalue weighted by molar-refractivity contribution is 0.0467. The molecule has 0 saturated heterocycles. The molecular weight excluding hydrogens is 270 g/mol. The van der Waals surface area contributed by atoms with Gasteiger partial charge in [-0.15, -0.1) is 5.10 Å². The second-order valence-corrected chi connectivity index (χ2v) is 5.62. The first-order chi connectivity index (χ1) is 9.82.